The molecule has 0 bridgehead atoms. The first kappa shape index (κ1) is 12.6. The van der Waals surface area contributed by atoms with Crippen molar-refractivity contribution in [2.75, 3.05) is 6.61 Å². The number of rotatable bonds is 6. The second kappa shape index (κ2) is 6.08. The monoisotopic (exact) mass is 202 g/mol. The SMILES string of the molecule is CCC/C=C(/OCC)O[Si](C)(C)C. The maximum Gasteiger partial charge on any atom is 0.261 e. The van der Waals surface area contributed by atoms with Crippen LogP contribution >= 0.6 is 0 Å². The summed E-state index contributed by atoms with van der Waals surface area (Å²) in [7, 11) is -1.50. The Kier molecular flexibility index (Phi) is 5.87. The molecule has 2 nitrogen and oxygen atoms in total. The van der Waals surface area contributed by atoms with Gasteiger partial charge in [0.15, 0.2) is 0 Å². The molecule has 0 saturated heterocycles. The molecule has 0 aromatic heterocycles. The second-order valence-corrected chi connectivity index (χ2v) is 8.39. The van der Waals surface area contributed by atoms with Gasteiger partial charge in [0.05, 0.1) is 6.61 Å². The first-order valence-electron chi connectivity index (χ1n) is 5.01. The predicted octanol–water partition coefficient (Wildman–Crippen LogP) is 3.52. The number of unbranched alkanes of at least 4 members (excludes halogenated alkanes) is 1. The molecule has 0 radical (unpaired) electrons. The summed E-state index contributed by atoms with van der Waals surface area (Å²) >= 11 is 0. The molecule has 0 aliphatic carbocycles. The molecule has 0 spiro atoms. The lowest BCUT2D eigenvalue weighted by Gasteiger charge is -2.21. The summed E-state index contributed by atoms with van der Waals surface area (Å²) in [6, 6.07) is 0. The molecule has 0 N–H and O–H groups in total. The maximum atomic E-state index is 5.76. The van der Waals surface area contributed by atoms with Crippen LogP contribution in [0.5, 0.6) is 0 Å². The molecule has 13 heavy (non-hydrogen) atoms. The van der Waals surface area contributed by atoms with Crippen LogP contribution in [0.2, 0.25) is 19.6 Å². The minimum Gasteiger partial charge on any atom is -0.520 e. The van der Waals surface area contributed by atoms with E-state index in [0.29, 0.717) is 6.61 Å². The third kappa shape index (κ3) is 7.90. The smallest absolute Gasteiger partial charge is 0.261 e. The largest absolute Gasteiger partial charge is 0.520 e. The highest BCUT2D eigenvalue weighted by Gasteiger charge is 2.17. The summed E-state index contributed by atoms with van der Waals surface area (Å²) in [4.78, 5) is 0. The van der Waals surface area contributed by atoms with Crippen LogP contribution in [0.15, 0.2) is 12.0 Å². The summed E-state index contributed by atoms with van der Waals surface area (Å²) in [5.41, 5.74) is 0. The molecule has 3 heteroatoms. The van der Waals surface area contributed by atoms with E-state index in [1.807, 2.05) is 13.0 Å². The van der Waals surface area contributed by atoms with E-state index in [-0.39, 0.29) is 0 Å². The summed E-state index contributed by atoms with van der Waals surface area (Å²) in [6.07, 6.45) is 4.20. The van der Waals surface area contributed by atoms with Crippen LogP contribution in [-0.2, 0) is 9.16 Å². The molecule has 0 aromatic rings. The van der Waals surface area contributed by atoms with E-state index in [2.05, 4.69) is 26.6 Å². The Bertz CT molecular complexity index is 159. The summed E-state index contributed by atoms with van der Waals surface area (Å²) in [5, 5.41) is 0. The first-order chi connectivity index (χ1) is 5.99. The topological polar surface area (TPSA) is 18.5 Å². The fourth-order valence-corrected chi connectivity index (χ4v) is 1.58. The fraction of sp³-hybridized carbons (Fsp3) is 0.800. The van der Waals surface area contributed by atoms with Gasteiger partial charge in [-0.25, -0.2) is 0 Å². The lowest BCUT2D eigenvalue weighted by Crippen LogP contribution is -2.25. The van der Waals surface area contributed by atoms with E-state index < -0.39 is 8.32 Å². The number of hydrogen-bond donors (Lipinski definition) is 0. The zero-order valence-corrected chi connectivity index (χ0v) is 10.5. The molecule has 0 unspecified atom stereocenters. The van der Waals surface area contributed by atoms with Crippen LogP contribution in [0.3, 0.4) is 0 Å². The van der Waals surface area contributed by atoms with Gasteiger partial charge in [0.2, 0.25) is 8.32 Å². The van der Waals surface area contributed by atoms with Crippen molar-refractivity contribution in [3.63, 3.8) is 0 Å². The van der Waals surface area contributed by atoms with Crippen LogP contribution in [0.1, 0.15) is 26.7 Å². The predicted molar refractivity (Wildman–Crippen MR) is 59.0 cm³/mol. The van der Waals surface area contributed by atoms with Crippen molar-refractivity contribution in [1.82, 2.24) is 0 Å². The molecule has 0 amide bonds. The summed E-state index contributed by atoms with van der Waals surface area (Å²) < 4.78 is 11.2. The Morgan fingerprint density at radius 1 is 1.23 bits per heavy atom. The van der Waals surface area contributed by atoms with Gasteiger partial charge in [-0.2, -0.15) is 0 Å². The number of allylic oxidation sites excluding steroid dienone is 1. The quantitative estimate of drug-likeness (QED) is 0.485. The molecule has 0 aliphatic heterocycles. The molecule has 0 fully saturated rings. The van der Waals surface area contributed by atoms with E-state index in [4.69, 9.17) is 9.16 Å². The van der Waals surface area contributed by atoms with Crippen molar-refractivity contribution < 1.29 is 9.16 Å². The zero-order valence-electron chi connectivity index (χ0n) is 9.52. The Morgan fingerprint density at radius 3 is 2.23 bits per heavy atom. The van der Waals surface area contributed by atoms with Crippen LogP contribution < -0.4 is 0 Å². The van der Waals surface area contributed by atoms with Gasteiger partial charge < -0.3 is 9.16 Å². The lowest BCUT2D eigenvalue weighted by molar-refractivity contribution is 0.111. The number of hydrogen-bond acceptors (Lipinski definition) is 2. The van der Waals surface area contributed by atoms with E-state index in [0.717, 1.165) is 18.8 Å². The Balaban J connectivity index is 4.09. The normalized spacial score (nSPS) is 12.8. The molecule has 0 saturated carbocycles. The minimum absolute atomic E-state index is 0.681. The Hall–Kier alpha value is -0.443. The second-order valence-electron chi connectivity index (χ2n) is 3.96. The average molecular weight is 202 g/mol. The fourth-order valence-electron chi connectivity index (χ4n) is 0.836. The molecule has 0 rings (SSSR count). The van der Waals surface area contributed by atoms with Gasteiger partial charge in [-0.1, -0.05) is 13.3 Å². The highest BCUT2D eigenvalue weighted by Crippen LogP contribution is 2.12. The minimum atomic E-state index is -1.50. The van der Waals surface area contributed by atoms with Crippen LogP contribution in [0.25, 0.3) is 0 Å². The van der Waals surface area contributed by atoms with Crippen molar-refractivity contribution in [3.05, 3.63) is 12.0 Å². The molecule has 0 atom stereocenters. The van der Waals surface area contributed by atoms with E-state index in [1.165, 1.54) is 0 Å². The van der Waals surface area contributed by atoms with E-state index in [9.17, 15) is 0 Å². The average Bonchev–Trinajstić information content (AvgIpc) is 1.98. The first-order valence-corrected chi connectivity index (χ1v) is 8.42. The summed E-state index contributed by atoms with van der Waals surface area (Å²) in [6.45, 7) is 11.3. The van der Waals surface area contributed by atoms with Crippen molar-refractivity contribution in [1.29, 1.82) is 0 Å². The van der Waals surface area contributed by atoms with Crippen molar-refractivity contribution in [3.8, 4) is 0 Å². The van der Waals surface area contributed by atoms with Gasteiger partial charge in [-0.15, -0.1) is 0 Å². The molecule has 0 aliphatic rings. The maximum absolute atomic E-state index is 5.76. The van der Waals surface area contributed by atoms with Gasteiger partial charge in [0.1, 0.15) is 0 Å². The van der Waals surface area contributed by atoms with Crippen molar-refractivity contribution in [2.45, 2.75) is 46.3 Å². The van der Waals surface area contributed by atoms with E-state index in [1.54, 1.807) is 0 Å². The lowest BCUT2D eigenvalue weighted by atomic mass is 10.3. The summed E-state index contributed by atoms with van der Waals surface area (Å²) in [5.74, 6) is 0.725. The van der Waals surface area contributed by atoms with Gasteiger partial charge in [-0.05, 0) is 39.1 Å². The highest BCUT2D eigenvalue weighted by atomic mass is 28.4. The third-order valence-corrected chi connectivity index (χ3v) is 2.11. The highest BCUT2D eigenvalue weighted by molar-refractivity contribution is 6.69. The standard InChI is InChI=1S/C10H22O2Si/c1-6-8-9-10(11-7-2)12-13(3,4)5/h9H,6-8H2,1-5H3/b10-9-. The van der Waals surface area contributed by atoms with Gasteiger partial charge >= 0.3 is 0 Å². The Morgan fingerprint density at radius 2 is 1.85 bits per heavy atom. The van der Waals surface area contributed by atoms with Crippen LogP contribution in [0, 0.1) is 0 Å². The molecule has 0 aromatic carbocycles. The van der Waals surface area contributed by atoms with E-state index >= 15 is 0 Å². The van der Waals surface area contributed by atoms with Crippen molar-refractivity contribution >= 4 is 8.32 Å². The number of ether oxygens (including phenoxy) is 1. The molecular formula is C10H22O2Si. The molecule has 78 valence electrons. The Labute approximate surface area is 83.1 Å². The van der Waals surface area contributed by atoms with Crippen LogP contribution in [0.4, 0.5) is 0 Å². The van der Waals surface area contributed by atoms with Crippen molar-refractivity contribution in [2.24, 2.45) is 0 Å². The molecule has 0 heterocycles. The van der Waals surface area contributed by atoms with Gasteiger partial charge in [0, 0.05) is 0 Å². The zero-order chi connectivity index (χ0) is 10.3. The van der Waals surface area contributed by atoms with Gasteiger partial charge in [0.25, 0.3) is 5.95 Å². The van der Waals surface area contributed by atoms with Crippen LogP contribution in [-0.4, -0.2) is 14.9 Å². The third-order valence-electron chi connectivity index (χ3n) is 1.29. The molecular weight excluding hydrogens is 180 g/mol. The van der Waals surface area contributed by atoms with Gasteiger partial charge in [-0.3, -0.25) is 0 Å².